The number of nitrogens with one attached hydrogen (secondary N) is 2. The van der Waals surface area contributed by atoms with Crippen molar-refractivity contribution in [3.63, 3.8) is 0 Å². The number of hydrogen-bond donors (Lipinski definition) is 2. The molecule has 2 aromatic rings. The van der Waals surface area contributed by atoms with Crippen molar-refractivity contribution in [2.24, 2.45) is 0 Å². The summed E-state index contributed by atoms with van der Waals surface area (Å²) in [6.45, 7) is 5.21. The molecule has 0 saturated carbocycles. The van der Waals surface area contributed by atoms with Gasteiger partial charge in [0.05, 0.1) is 37.8 Å². The van der Waals surface area contributed by atoms with Crippen molar-refractivity contribution in [3.8, 4) is 0 Å². The molecule has 28 heavy (non-hydrogen) atoms. The lowest BCUT2D eigenvalue weighted by Crippen LogP contribution is -2.39. The van der Waals surface area contributed by atoms with Gasteiger partial charge < -0.3 is 20.1 Å². The molecule has 148 valence electrons. The molecule has 8 heteroatoms. The zero-order chi connectivity index (χ0) is 19.8. The number of amides is 1. The number of carbonyl (C=O) groups excluding carboxylic acids is 2. The number of esters is 1. The number of benzene rings is 1. The third-order valence-corrected chi connectivity index (χ3v) is 4.40. The van der Waals surface area contributed by atoms with E-state index in [1.807, 2.05) is 6.07 Å². The molecule has 1 aromatic carbocycles. The maximum atomic E-state index is 12.4. The molecule has 8 nitrogen and oxygen atoms in total. The van der Waals surface area contributed by atoms with E-state index < -0.39 is 5.97 Å². The first-order valence-corrected chi connectivity index (χ1v) is 9.15. The third kappa shape index (κ3) is 5.51. The number of ether oxygens (including phenoxy) is 2. The number of pyridine rings is 1. The van der Waals surface area contributed by atoms with E-state index in [-0.39, 0.29) is 5.91 Å². The quantitative estimate of drug-likeness (QED) is 0.704. The molecule has 1 aliphatic heterocycles. The van der Waals surface area contributed by atoms with E-state index in [2.05, 4.69) is 25.3 Å². The van der Waals surface area contributed by atoms with Crippen LogP contribution in [0.1, 0.15) is 20.8 Å². The van der Waals surface area contributed by atoms with Crippen LogP contribution in [0.15, 0.2) is 42.6 Å². The Balaban J connectivity index is 1.51. The van der Waals surface area contributed by atoms with Crippen LogP contribution in [0.5, 0.6) is 0 Å². The summed E-state index contributed by atoms with van der Waals surface area (Å²) in [6, 6.07) is 10.0. The van der Waals surface area contributed by atoms with Crippen LogP contribution in [0.4, 0.5) is 11.4 Å². The molecule has 0 atom stereocenters. The molecular weight excluding hydrogens is 360 g/mol. The van der Waals surface area contributed by atoms with Gasteiger partial charge in [0.1, 0.15) is 5.69 Å². The Morgan fingerprint density at radius 2 is 2.00 bits per heavy atom. The molecule has 1 aromatic heterocycles. The Bertz CT molecular complexity index is 804. The van der Waals surface area contributed by atoms with E-state index in [0.29, 0.717) is 16.9 Å². The number of rotatable bonds is 7. The fourth-order valence-electron chi connectivity index (χ4n) is 2.85. The molecule has 1 saturated heterocycles. The van der Waals surface area contributed by atoms with E-state index in [1.54, 1.807) is 36.5 Å². The minimum atomic E-state index is -0.457. The van der Waals surface area contributed by atoms with Gasteiger partial charge in [0.15, 0.2) is 0 Å². The first-order valence-electron chi connectivity index (χ1n) is 9.15. The van der Waals surface area contributed by atoms with Gasteiger partial charge in [0.25, 0.3) is 5.91 Å². The monoisotopic (exact) mass is 384 g/mol. The summed E-state index contributed by atoms with van der Waals surface area (Å²) in [5.74, 6) is -0.802. The Kier molecular flexibility index (Phi) is 6.94. The fourth-order valence-corrected chi connectivity index (χ4v) is 2.85. The van der Waals surface area contributed by atoms with E-state index in [4.69, 9.17) is 4.74 Å². The molecular formula is C20H24N4O4. The van der Waals surface area contributed by atoms with Crippen LogP contribution >= 0.6 is 0 Å². The highest BCUT2D eigenvalue weighted by Crippen LogP contribution is 2.13. The standard InChI is InChI=1S/C20H24N4O4/c1-27-20(26)15-3-2-4-16(13-15)23-19(25)18-6-5-17(14-22-18)21-7-8-24-9-11-28-12-10-24/h2-6,13-14,21H,7-12H2,1H3,(H,23,25). The lowest BCUT2D eigenvalue weighted by atomic mass is 10.2. The molecule has 0 aliphatic carbocycles. The maximum absolute atomic E-state index is 12.4. The average Bonchev–Trinajstić information content (AvgIpc) is 2.74. The van der Waals surface area contributed by atoms with Crippen LogP contribution in [-0.4, -0.2) is 68.3 Å². The zero-order valence-electron chi connectivity index (χ0n) is 15.8. The molecule has 1 fully saturated rings. The average molecular weight is 384 g/mol. The van der Waals surface area contributed by atoms with Gasteiger partial charge in [-0.1, -0.05) is 6.07 Å². The Labute approximate surface area is 163 Å². The summed E-state index contributed by atoms with van der Waals surface area (Å²) in [7, 11) is 1.31. The highest BCUT2D eigenvalue weighted by molar-refractivity contribution is 6.03. The van der Waals surface area contributed by atoms with Gasteiger partial charge in [-0.15, -0.1) is 0 Å². The minimum absolute atomic E-state index is 0.294. The second-order valence-corrected chi connectivity index (χ2v) is 6.34. The second-order valence-electron chi connectivity index (χ2n) is 6.34. The number of nitrogens with zero attached hydrogens (tertiary/aromatic N) is 2. The van der Waals surface area contributed by atoms with E-state index in [9.17, 15) is 9.59 Å². The number of methoxy groups -OCH3 is 1. The van der Waals surface area contributed by atoms with Gasteiger partial charge in [-0.25, -0.2) is 9.78 Å². The predicted molar refractivity (Wildman–Crippen MR) is 106 cm³/mol. The molecule has 1 amide bonds. The van der Waals surface area contributed by atoms with Gasteiger partial charge in [-0.3, -0.25) is 9.69 Å². The van der Waals surface area contributed by atoms with Crippen LogP contribution < -0.4 is 10.6 Å². The fraction of sp³-hybridized carbons (Fsp3) is 0.350. The van der Waals surface area contributed by atoms with Crippen LogP contribution in [0.3, 0.4) is 0 Å². The van der Waals surface area contributed by atoms with Crippen LogP contribution in [0.2, 0.25) is 0 Å². The van der Waals surface area contributed by atoms with Gasteiger partial charge in [0, 0.05) is 31.9 Å². The molecule has 2 heterocycles. The molecule has 0 radical (unpaired) electrons. The van der Waals surface area contributed by atoms with Crippen molar-refractivity contribution in [2.75, 3.05) is 57.1 Å². The predicted octanol–water partition coefficient (Wildman–Crippen LogP) is 1.86. The topological polar surface area (TPSA) is 92.8 Å². The highest BCUT2D eigenvalue weighted by Gasteiger charge is 2.11. The number of anilines is 2. The first kappa shape index (κ1) is 19.8. The molecule has 0 spiro atoms. The Morgan fingerprint density at radius 1 is 1.18 bits per heavy atom. The number of morpholine rings is 1. The first-order chi connectivity index (χ1) is 13.7. The van der Waals surface area contributed by atoms with Crippen molar-refractivity contribution in [1.29, 1.82) is 0 Å². The smallest absolute Gasteiger partial charge is 0.337 e. The van der Waals surface area contributed by atoms with Crippen LogP contribution in [-0.2, 0) is 9.47 Å². The molecule has 0 bridgehead atoms. The van der Waals surface area contributed by atoms with Crippen molar-refractivity contribution < 1.29 is 19.1 Å². The minimum Gasteiger partial charge on any atom is -0.465 e. The van der Waals surface area contributed by atoms with E-state index >= 15 is 0 Å². The summed E-state index contributed by atoms with van der Waals surface area (Å²) in [5.41, 5.74) is 2.02. The summed E-state index contributed by atoms with van der Waals surface area (Å²) in [5, 5.41) is 6.04. The third-order valence-electron chi connectivity index (χ3n) is 4.40. The van der Waals surface area contributed by atoms with Gasteiger partial charge in [-0.2, -0.15) is 0 Å². The summed E-state index contributed by atoms with van der Waals surface area (Å²) >= 11 is 0. The van der Waals surface area contributed by atoms with Gasteiger partial charge in [-0.05, 0) is 30.3 Å². The molecule has 3 rings (SSSR count). The van der Waals surface area contributed by atoms with Crippen molar-refractivity contribution in [2.45, 2.75) is 0 Å². The van der Waals surface area contributed by atoms with Crippen LogP contribution in [0.25, 0.3) is 0 Å². The van der Waals surface area contributed by atoms with Gasteiger partial charge in [0.2, 0.25) is 0 Å². The zero-order valence-corrected chi connectivity index (χ0v) is 15.8. The molecule has 0 unspecified atom stereocenters. The van der Waals surface area contributed by atoms with E-state index in [0.717, 1.165) is 45.1 Å². The lowest BCUT2D eigenvalue weighted by Gasteiger charge is -2.26. The summed E-state index contributed by atoms with van der Waals surface area (Å²) < 4.78 is 10.0. The maximum Gasteiger partial charge on any atom is 0.337 e. The van der Waals surface area contributed by atoms with Crippen molar-refractivity contribution in [3.05, 3.63) is 53.9 Å². The van der Waals surface area contributed by atoms with Crippen molar-refractivity contribution >= 4 is 23.3 Å². The number of hydrogen-bond acceptors (Lipinski definition) is 7. The summed E-state index contributed by atoms with van der Waals surface area (Å²) in [6.07, 6.45) is 1.64. The van der Waals surface area contributed by atoms with E-state index in [1.165, 1.54) is 7.11 Å². The summed E-state index contributed by atoms with van der Waals surface area (Å²) in [4.78, 5) is 30.5. The highest BCUT2D eigenvalue weighted by atomic mass is 16.5. The Hall–Kier alpha value is -2.97. The molecule has 1 aliphatic rings. The van der Waals surface area contributed by atoms with Crippen LogP contribution in [0, 0.1) is 0 Å². The van der Waals surface area contributed by atoms with Gasteiger partial charge >= 0.3 is 5.97 Å². The Morgan fingerprint density at radius 3 is 2.71 bits per heavy atom. The van der Waals surface area contributed by atoms with Crippen molar-refractivity contribution in [1.82, 2.24) is 9.88 Å². The largest absolute Gasteiger partial charge is 0.465 e. The number of carbonyl (C=O) groups is 2. The number of aromatic nitrogens is 1. The lowest BCUT2D eigenvalue weighted by molar-refractivity contribution is 0.0398. The SMILES string of the molecule is COC(=O)c1cccc(NC(=O)c2ccc(NCCN3CCOCC3)cn2)c1. The molecule has 2 N–H and O–H groups in total. The second kappa shape index (κ2) is 9.82. The normalized spacial score (nSPS) is 14.3.